The number of aryl methyl sites for hydroxylation is 1. The number of benzene rings is 4. The Bertz CT molecular complexity index is 2000. The molecule has 0 amide bonds. The van der Waals surface area contributed by atoms with Gasteiger partial charge in [0.1, 0.15) is 0 Å². The van der Waals surface area contributed by atoms with Crippen LogP contribution in [0.25, 0.3) is 44.0 Å². The van der Waals surface area contributed by atoms with Gasteiger partial charge in [0.25, 0.3) is 0 Å². The first-order valence-electron chi connectivity index (χ1n) is 13.0. The molecule has 1 aliphatic rings. The first-order valence-corrected chi connectivity index (χ1v) is 13.8. The lowest BCUT2D eigenvalue weighted by Gasteiger charge is -2.20. The van der Waals surface area contributed by atoms with E-state index < -0.39 is 0 Å². The van der Waals surface area contributed by atoms with Crippen LogP contribution in [-0.2, 0) is 0 Å². The third-order valence-electron chi connectivity index (χ3n) is 7.23. The maximum Gasteiger partial charge on any atom is 0.228 e. The van der Waals surface area contributed by atoms with Crippen molar-refractivity contribution in [2.75, 3.05) is 5.32 Å². The molecule has 0 bridgehead atoms. The summed E-state index contributed by atoms with van der Waals surface area (Å²) in [5.41, 5.74) is 8.49. The SMILES string of the molecule is C=CC1=C(/C=C\C)Sc2cccc3nc(Nc4cc5c6ccccc6n(-c6ccccc6)c5cc4C)nc1c23. The molecule has 5 heteroatoms. The number of hydrogen-bond acceptors (Lipinski definition) is 4. The Morgan fingerprint density at radius 1 is 0.872 bits per heavy atom. The van der Waals surface area contributed by atoms with Gasteiger partial charge in [-0.3, -0.25) is 0 Å². The highest BCUT2D eigenvalue weighted by molar-refractivity contribution is 8.03. The number of fused-ring (bicyclic) bond motifs is 3. The van der Waals surface area contributed by atoms with Crippen molar-refractivity contribution in [3.8, 4) is 5.69 Å². The lowest BCUT2D eigenvalue weighted by molar-refractivity contribution is 1.17. The molecule has 0 aliphatic carbocycles. The molecule has 0 saturated carbocycles. The first-order chi connectivity index (χ1) is 19.2. The summed E-state index contributed by atoms with van der Waals surface area (Å²) in [5.74, 6) is 0.579. The molecule has 188 valence electrons. The molecule has 3 heterocycles. The molecular formula is C34H26N4S. The predicted octanol–water partition coefficient (Wildman–Crippen LogP) is 9.36. The van der Waals surface area contributed by atoms with E-state index in [1.165, 1.54) is 26.7 Å². The molecule has 0 spiro atoms. The van der Waals surface area contributed by atoms with Crippen molar-refractivity contribution in [1.29, 1.82) is 0 Å². The maximum atomic E-state index is 5.04. The van der Waals surface area contributed by atoms with Crippen molar-refractivity contribution < 1.29 is 0 Å². The largest absolute Gasteiger partial charge is 0.324 e. The Morgan fingerprint density at radius 3 is 2.51 bits per heavy atom. The number of thioether (sulfide) groups is 1. The van der Waals surface area contributed by atoms with Crippen molar-refractivity contribution in [1.82, 2.24) is 14.5 Å². The van der Waals surface area contributed by atoms with E-state index in [1.54, 1.807) is 11.8 Å². The molecule has 1 aliphatic heterocycles. The zero-order valence-corrected chi connectivity index (χ0v) is 22.6. The number of anilines is 2. The van der Waals surface area contributed by atoms with Gasteiger partial charge >= 0.3 is 0 Å². The fraction of sp³-hybridized carbons (Fsp3) is 0.0588. The summed E-state index contributed by atoms with van der Waals surface area (Å²) in [4.78, 5) is 12.3. The van der Waals surface area contributed by atoms with Gasteiger partial charge in [0.15, 0.2) is 0 Å². The van der Waals surface area contributed by atoms with Crippen LogP contribution in [0.3, 0.4) is 0 Å². The van der Waals surface area contributed by atoms with Crippen molar-refractivity contribution in [3.63, 3.8) is 0 Å². The van der Waals surface area contributed by atoms with Gasteiger partial charge in [-0.05, 0) is 61.9 Å². The predicted molar refractivity (Wildman–Crippen MR) is 166 cm³/mol. The lowest BCUT2D eigenvalue weighted by Crippen LogP contribution is -2.05. The molecule has 0 saturated heterocycles. The minimum absolute atomic E-state index is 0.579. The van der Waals surface area contributed by atoms with Gasteiger partial charge in [0.05, 0.1) is 22.2 Å². The number of rotatable bonds is 5. The minimum Gasteiger partial charge on any atom is -0.324 e. The number of hydrogen-bond donors (Lipinski definition) is 1. The summed E-state index contributed by atoms with van der Waals surface area (Å²) in [6.45, 7) is 8.27. The van der Waals surface area contributed by atoms with Crippen LogP contribution in [0.5, 0.6) is 0 Å². The fourth-order valence-electron chi connectivity index (χ4n) is 5.48. The lowest BCUT2D eigenvalue weighted by atomic mass is 10.1. The molecular weight excluding hydrogens is 496 g/mol. The van der Waals surface area contributed by atoms with Gasteiger partial charge < -0.3 is 9.88 Å². The second-order valence-corrected chi connectivity index (χ2v) is 10.7. The second-order valence-electron chi connectivity index (χ2n) is 9.63. The van der Waals surface area contributed by atoms with E-state index in [0.717, 1.165) is 44.0 Å². The van der Waals surface area contributed by atoms with Crippen LogP contribution in [0, 0.1) is 6.92 Å². The quantitative estimate of drug-likeness (QED) is 0.245. The Labute approximate surface area is 231 Å². The average Bonchev–Trinajstić information content (AvgIpc) is 3.27. The average molecular weight is 523 g/mol. The molecule has 0 fully saturated rings. The van der Waals surface area contributed by atoms with Gasteiger partial charge in [0.2, 0.25) is 5.95 Å². The zero-order valence-electron chi connectivity index (χ0n) is 21.8. The van der Waals surface area contributed by atoms with Crippen LogP contribution < -0.4 is 5.32 Å². The summed E-state index contributed by atoms with van der Waals surface area (Å²) < 4.78 is 2.33. The van der Waals surface area contributed by atoms with E-state index in [-0.39, 0.29) is 0 Å². The summed E-state index contributed by atoms with van der Waals surface area (Å²) in [6.07, 6.45) is 6.08. The van der Waals surface area contributed by atoms with Crippen molar-refractivity contribution in [2.24, 2.45) is 0 Å². The molecule has 7 rings (SSSR count). The summed E-state index contributed by atoms with van der Waals surface area (Å²) in [6, 6.07) is 29.8. The van der Waals surface area contributed by atoms with Crippen LogP contribution in [0.4, 0.5) is 11.6 Å². The zero-order chi connectivity index (χ0) is 26.5. The smallest absolute Gasteiger partial charge is 0.228 e. The minimum atomic E-state index is 0.579. The Morgan fingerprint density at radius 2 is 1.69 bits per heavy atom. The number of para-hydroxylation sites is 2. The molecule has 0 atom stereocenters. The van der Waals surface area contributed by atoms with E-state index >= 15 is 0 Å². The molecule has 1 N–H and O–H groups in total. The van der Waals surface area contributed by atoms with Gasteiger partial charge in [-0.1, -0.05) is 79.0 Å². The Balaban J connectivity index is 1.41. The monoisotopic (exact) mass is 522 g/mol. The first kappa shape index (κ1) is 23.5. The van der Waals surface area contributed by atoms with Crippen LogP contribution >= 0.6 is 11.8 Å². The van der Waals surface area contributed by atoms with Gasteiger partial charge in [-0.15, -0.1) is 0 Å². The van der Waals surface area contributed by atoms with Crippen LogP contribution in [-0.4, -0.2) is 14.5 Å². The third-order valence-corrected chi connectivity index (χ3v) is 8.36. The molecule has 0 unspecified atom stereocenters. The summed E-state index contributed by atoms with van der Waals surface area (Å²) in [5, 5.41) is 7.04. The third kappa shape index (κ3) is 3.77. The van der Waals surface area contributed by atoms with Gasteiger partial charge in [-0.2, -0.15) is 0 Å². The van der Waals surface area contributed by atoms with Crippen LogP contribution in [0.15, 0.2) is 120 Å². The van der Waals surface area contributed by atoms with Crippen molar-refractivity contribution in [3.05, 3.63) is 126 Å². The molecule has 39 heavy (non-hydrogen) atoms. The number of aromatic nitrogens is 3. The standard InChI is InChI=1S/C34H26N4S/c1-4-12-30-23(5-2)33-32-26(16-11-18-31(32)39-30)35-34(37-33)36-27-20-25-24-15-9-10-17-28(24)38(29(25)19-21(27)3)22-13-7-6-8-14-22/h4-20H,2H2,1,3H3,(H,35,36,37)/b12-4-. The highest BCUT2D eigenvalue weighted by atomic mass is 32.2. The molecule has 2 aromatic heterocycles. The van der Waals surface area contributed by atoms with Crippen molar-refractivity contribution >= 4 is 61.7 Å². The summed E-state index contributed by atoms with van der Waals surface area (Å²) in [7, 11) is 0. The van der Waals surface area contributed by atoms with Gasteiger partial charge in [-0.25, -0.2) is 9.97 Å². The molecule has 6 aromatic rings. The molecule has 4 nitrogen and oxygen atoms in total. The summed E-state index contributed by atoms with van der Waals surface area (Å²) >= 11 is 1.74. The normalized spacial score (nSPS) is 13.2. The topological polar surface area (TPSA) is 42.7 Å². The van der Waals surface area contributed by atoms with Crippen molar-refractivity contribution in [2.45, 2.75) is 18.7 Å². The number of nitrogens with zero attached hydrogens (tertiary/aromatic N) is 3. The molecule has 4 aromatic carbocycles. The van der Waals surface area contributed by atoms with Gasteiger partial charge in [0, 0.05) is 42.9 Å². The fourth-order valence-corrected chi connectivity index (χ4v) is 6.66. The number of nitrogens with one attached hydrogen (secondary N) is 1. The van der Waals surface area contributed by atoms with E-state index in [1.807, 2.05) is 13.0 Å². The number of allylic oxidation sites excluding steroid dienone is 4. The Kier molecular flexibility index (Phi) is 5.60. The Hall–Kier alpha value is -4.61. The second kappa shape index (κ2) is 9.29. The van der Waals surface area contributed by atoms with E-state index in [4.69, 9.17) is 9.97 Å². The van der Waals surface area contributed by atoms with Crippen LogP contribution in [0.1, 0.15) is 18.2 Å². The highest BCUT2D eigenvalue weighted by Crippen LogP contribution is 2.45. The molecule has 0 radical (unpaired) electrons. The van der Waals surface area contributed by atoms with E-state index in [2.05, 4.69) is 120 Å². The van der Waals surface area contributed by atoms with E-state index in [0.29, 0.717) is 5.95 Å². The highest BCUT2D eigenvalue weighted by Gasteiger charge is 2.22. The van der Waals surface area contributed by atoms with E-state index in [9.17, 15) is 0 Å². The maximum absolute atomic E-state index is 5.04. The van der Waals surface area contributed by atoms with Crippen LogP contribution in [0.2, 0.25) is 0 Å².